The lowest BCUT2D eigenvalue weighted by molar-refractivity contribution is -0.154. The zero-order valence-electron chi connectivity index (χ0n) is 13.8. The zero-order valence-corrected chi connectivity index (χ0v) is 14.6. The Hall–Kier alpha value is -2.64. The lowest BCUT2D eigenvalue weighted by Gasteiger charge is -2.31. The Labute approximate surface area is 154 Å². The number of aliphatic carboxylic acids is 1. The van der Waals surface area contributed by atoms with Crippen molar-refractivity contribution in [2.45, 2.75) is 12.6 Å². The number of hydrogen-bond donors (Lipinski definition) is 1. The number of hydrogen-bond acceptors (Lipinski definition) is 4. The molecule has 0 saturated carbocycles. The fraction of sp³-hybridized carbons (Fsp3) is 0.278. The zero-order chi connectivity index (χ0) is 18.7. The van der Waals surface area contributed by atoms with E-state index in [4.69, 9.17) is 21.4 Å². The molecule has 1 fully saturated rings. The Morgan fingerprint density at radius 3 is 2.73 bits per heavy atom. The van der Waals surface area contributed by atoms with E-state index < -0.39 is 12.1 Å². The molecule has 7 nitrogen and oxygen atoms in total. The van der Waals surface area contributed by atoms with Gasteiger partial charge in [0.2, 0.25) is 0 Å². The van der Waals surface area contributed by atoms with E-state index in [0.29, 0.717) is 17.1 Å². The first kappa shape index (κ1) is 18.2. The van der Waals surface area contributed by atoms with Crippen LogP contribution in [0.15, 0.2) is 47.4 Å². The van der Waals surface area contributed by atoms with Gasteiger partial charge in [-0.25, -0.2) is 4.79 Å². The van der Waals surface area contributed by atoms with Crippen LogP contribution in [-0.4, -0.2) is 52.3 Å². The molecule has 0 radical (unpaired) electrons. The highest BCUT2D eigenvalue weighted by Gasteiger charge is 2.29. The summed E-state index contributed by atoms with van der Waals surface area (Å²) in [5, 5.41) is 9.59. The standard InChI is InChI=1S/C18H17ClN2O5/c19-14-4-2-1-3-12(14)9-21-10-13(5-6-16(21)22)17(23)20-7-8-26-15(11-20)18(24)25/h1-6,10,15H,7-9,11H2,(H,24,25)/t15-/m1/s1. The van der Waals surface area contributed by atoms with Crippen molar-refractivity contribution in [3.63, 3.8) is 0 Å². The maximum atomic E-state index is 12.7. The van der Waals surface area contributed by atoms with E-state index in [-0.39, 0.29) is 31.2 Å². The molecular formula is C18H17ClN2O5. The first-order valence-electron chi connectivity index (χ1n) is 8.03. The van der Waals surface area contributed by atoms with E-state index in [0.717, 1.165) is 5.56 Å². The van der Waals surface area contributed by atoms with Crippen LogP contribution < -0.4 is 5.56 Å². The summed E-state index contributed by atoms with van der Waals surface area (Å²) >= 11 is 6.14. The van der Waals surface area contributed by atoms with Crippen molar-refractivity contribution in [2.75, 3.05) is 19.7 Å². The third kappa shape index (κ3) is 3.95. The number of benzene rings is 1. The summed E-state index contributed by atoms with van der Waals surface area (Å²) in [6, 6.07) is 9.92. The molecule has 2 aromatic rings. The number of rotatable bonds is 4. The molecule has 0 spiro atoms. The van der Waals surface area contributed by atoms with Gasteiger partial charge in [0.25, 0.3) is 11.5 Å². The first-order chi connectivity index (χ1) is 12.5. The van der Waals surface area contributed by atoms with Crippen molar-refractivity contribution in [1.29, 1.82) is 0 Å². The second-order valence-corrected chi connectivity index (χ2v) is 6.33. The molecule has 3 rings (SSSR count). The van der Waals surface area contributed by atoms with Crippen LogP contribution >= 0.6 is 11.6 Å². The number of ether oxygens (including phenoxy) is 1. The number of amides is 1. The minimum atomic E-state index is -1.11. The fourth-order valence-electron chi connectivity index (χ4n) is 2.76. The Balaban J connectivity index is 1.83. The molecule has 8 heteroatoms. The van der Waals surface area contributed by atoms with Crippen molar-refractivity contribution >= 4 is 23.5 Å². The van der Waals surface area contributed by atoms with Crippen molar-refractivity contribution in [1.82, 2.24) is 9.47 Å². The van der Waals surface area contributed by atoms with E-state index in [9.17, 15) is 14.4 Å². The minimum absolute atomic E-state index is 0.0300. The van der Waals surface area contributed by atoms with Gasteiger partial charge in [0, 0.05) is 23.8 Å². The molecule has 1 amide bonds. The summed E-state index contributed by atoms with van der Waals surface area (Å²) < 4.78 is 6.53. The maximum absolute atomic E-state index is 12.7. The number of carboxylic acids is 1. The first-order valence-corrected chi connectivity index (χ1v) is 8.41. The molecule has 1 N–H and O–H groups in total. The molecular weight excluding hydrogens is 360 g/mol. The van der Waals surface area contributed by atoms with Crippen LogP contribution in [-0.2, 0) is 16.1 Å². The Morgan fingerprint density at radius 1 is 1.23 bits per heavy atom. The van der Waals surface area contributed by atoms with Gasteiger partial charge in [-0.3, -0.25) is 9.59 Å². The van der Waals surface area contributed by atoms with Gasteiger partial charge in [-0.1, -0.05) is 29.8 Å². The van der Waals surface area contributed by atoms with Gasteiger partial charge in [-0.05, 0) is 17.7 Å². The third-order valence-corrected chi connectivity index (χ3v) is 4.53. The number of carbonyl (C=O) groups is 2. The van der Waals surface area contributed by atoms with E-state index >= 15 is 0 Å². The molecule has 136 valence electrons. The molecule has 1 atom stereocenters. The molecule has 0 unspecified atom stereocenters. The molecule has 0 bridgehead atoms. The Kier molecular flexibility index (Phi) is 5.39. The number of pyridine rings is 1. The summed E-state index contributed by atoms with van der Waals surface area (Å²) in [6.07, 6.45) is 0.431. The number of nitrogens with zero attached hydrogens (tertiary/aromatic N) is 2. The molecule has 2 heterocycles. The average molecular weight is 377 g/mol. The van der Waals surface area contributed by atoms with Crippen molar-refractivity contribution in [2.24, 2.45) is 0 Å². The predicted molar refractivity (Wildman–Crippen MR) is 94.5 cm³/mol. The number of carbonyl (C=O) groups excluding carboxylic acids is 1. The Morgan fingerprint density at radius 2 is 2.00 bits per heavy atom. The van der Waals surface area contributed by atoms with Crippen molar-refractivity contribution in [3.05, 3.63) is 69.1 Å². The highest BCUT2D eigenvalue weighted by molar-refractivity contribution is 6.31. The molecule has 1 aliphatic heterocycles. The number of aromatic nitrogens is 1. The SMILES string of the molecule is O=C(O)[C@H]1CN(C(=O)c2ccc(=O)n(Cc3ccccc3Cl)c2)CCO1. The molecule has 1 aromatic carbocycles. The van der Waals surface area contributed by atoms with E-state index in [1.54, 1.807) is 12.1 Å². The van der Waals surface area contributed by atoms with Gasteiger partial charge in [0.05, 0.1) is 25.3 Å². The predicted octanol–water partition coefficient (Wildman–Crippen LogP) is 1.48. The van der Waals surface area contributed by atoms with Gasteiger partial charge < -0.3 is 19.3 Å². The third-order valence-electron chi connectivity index (χ3n) is 4.16. The Bertz CT molecular complexity index is 895. The minimum Gasteiger partial charge on any atom is -0.479 e. The van der Waals surface area contributed by atoms with Gasteiger partial charge in [0.1, 0.15) is 0 Å². The lowest BCUT2D eigenvalue weighted by Crippen LogP contribution is -2.48. The summed E-state index contributed by atoms with van der Waals surface area (Å²) in [5.74, 6) is -1.45. The van der Waals surface area contributed by atoms with Gasteiger partial charge in [0.15, 0.2) is 6.10 Å². The lowest BCUT2D eigenvalue weighted by atomic mass is 10.2. The number of halogens is 1. The summed E-state index contributed by atoms with van der Waals surface area (Å²) in [7, 11) is 0. The highest BCUT2D eigenvalue weighted by atomic mass is 35.5. The van der Waals surface area contributed by atoms with Crippen molar-refractivity contribution < 1.29 is 19.4 Å². The molecule has 26 heavy (non-hydrogen) atoms. The monoisotopic (exact) mass is 376 g/mol. The second-order valence-electron chi connectivity index (χ2n) is 5.92. The van der Waals surface area contributed by atoms with Crippen LogP contribution in [0, 0.1) is 0 Å². The smallest absolute Gasteiger partial charge is 0.334 e. The fourth-order valence-corrected chi connectivity index (χ4v) is 2.95. The van der Waals surface area contributed by atoms with Crippen molar-refractivity contribution in [3.8, 4) is 0 Å². The molecule has 1 saturated heterocycles. The van der Waals surface area contributed by atoms with Crippen LogP contribution in [0.1, 0.15) is 15.9 Å². The van der Waals surface area contributed by atoms with Crippen LogP contribution in [0.3, 0.4) is 0 Å². The quantitative estimate of drug-likeness (QED) is 0.873. The van der Waals surface area contributed by atoms with Crippen LogP contribution in [0.25, 0.3) is 0 Å². The molecule has 0 aliphatic carbocycles. The van der Waals surface area contributed by atoms with Gasteiger partial charge in [-0.15, -0.1) is 0 Å². The van der Waals surface area contributed by atoms with Crippen LogP contribution in [0.5, 0.6) is 0 Å². The second kappa shape index (κ2) is 7.72. The average Bonchev–Trinajstić information content (AvgIpc) is 2.65. The molecule has 1 aliphatic rings. The van der Waals surface area contributed by atoms with E-state index in [1.165, 1.54) is 27.8 Å². The van der Waals surface area contributed by atoms with Gasteiger partial charge in [-0.2, -0.15) is 0 Å². The molecule has 1 aromatic heterocycles. The van der Waals surface area contributed by atoms with Crippen LogP contribution in [0.2, 0.25) is 5.02 Å². The topological polar surface area (TPSA) is 88.8 Å². The van der Waals surface area contributed by atoms with Crippen LogP contribution in [0.4, 0.5) is 0 Å². The highest BCUT2D eigenvalue weighted by Crippen LogP contribution is 2.16. The normalized spacial score (nSPS) is 17.1. The van der Waals surface area contributed by atoms with E-state index in [1.807, 2.05) is 12.1 Å². The summed E-state index contributed by atoms with van der Waals surface area (Å²) in [4.78, 5) is 37.3. The van der Waals surface area contributed by atoms with E-state index in [2.05, 4.69) is 0 Å². The summed E-state index contributed by atoms with van der Waals surface area (Å²) in [6.45, 7) is 0.659. The largest absolute Gasteiger partial charge is 0.479 e. The van der Waals surface area contributed by atoms with Gasteiger partial charge >= 0.3 is 5.97 Å². The maximum Gasteiger partial charge on any atom is 0.334 e. The number of morpholine rings is 1. The summed E-state index contributed by atoms with van der Waals surface area (Å²) in [5.41, 5.74) is 0.813. The number of carboxylic acid groups (broad SMARTS) is 1.